The fourth-order valence-corrected chi connectivity index (χ4v) is 5.35. The Kier molecular flexibility index (Phi) is 6.32. The van der Waals surface area contributed by atoms with Crippen LogP contribution in [0.5, 0.6) is 5.75 Å². The van der Waals surface area contributed by atoms with E-state index in [9.17, 15) is 14.4 Å². The van der Waals surface area contributed by atoms with Crippen LogP contribution < -0.4 is 9.64 Å². The number of alkyl halides is 2. The Hall–Kier alpha value is -1.70. The Morgan fingerprint density at radius 3 is 2.13 bits per heavy atom. The first kappa shape index (κ1) is 21.5. The highest BCUT2D eigenvalue weighted by Gasteiger charge is 2.52. The molecule has 5 nitrogen and oxygen atoms in total. The van der Waals surface area contributed by atoms with E-state index in [4.69, 9.17) is 16.3 Å². The van der Waals surface area contributed by atoms with Gasteiger partial charge in [-0.1, -0.05) is 67.7 Å². The predicted molar refractivity (Wildman–Crippen MR) is 121 cm³/mol. The zero-order valence-electron chi connectivity index (χ0n) is 15.8. The van der Waals surface area contributed by atoms with Gasteiger partial charge < -0.3 is 4.74 Å². The van der Waals surface area contributed by atoms with Gasteiger partial charge in [0.15, 0.2) is 5.75 Å². The molecule has 8 heteroatoms. The molecule has 2 fully saturated rings. The van der Waals surface area contributed by atoms with Gasteiger partial charge in [0.25, 0.3) is 0 Å². The van der Waals surface area contributed by atoms with Crippen LogP contribution in [0, 0.1) is 11.8 Å². The van der Waals surface area contributed by atoms with E-state index < -0.39 is 5.97 Å². The number of benzene rings is 2. The number of halogens is 3. The van der Waals surface area contributed by atoms with E-state index in [1.807, 2.05) is 0 Å². The third kappa shape index (κ3) is 4.20. The monoisotopic (exact) mass is 553 g/mol. The highest BCUT2D eigenvalue weighted by Crippen LogP contribution is 2.45. The number of carbonyl (C=O) groups is 3. The maximum absolute atomic E-state index is 13.1. The Balaban J connectivity index is 1.56. The lowest BCUT2D eigenvalue weighted by Gasteiger charge is -2.29. The second-order valence-electron chi connectivity index (χ2n) is 7.47. The maximum Gasteiger partial charge on any atom is 0.315 e. The SMILES string of the molecule is O=C(Cc1ccc(Cl)cc1)Oc1ccccc1N1C(=O)C2CC(Br)C(Br)CC2C1=O. The van der Waals surface area contributed by atoms with Crippen molar-refractivity contribution in [3.05, 3.63) is 59.1 Å². The minimum atomic E-state index is -0.484. The summed E-state index contributed by atoms with van der Waals surface area (Å²) >= 11 is 13.1. The molecular weight excluding hydrogens is 538 g/mol. The molecule has 156 valence electrons. The molecule has 0 radical (unpaired) electrons. The van der Waals surface area contributed by atoms with E-state index in [0.29, 0.717) is 23.6 Å². The molecule has 2 aromatic rings. The zero-order valence-corrected chi connectivity index (χ0v) is 19.7. The van der Waals surface area contributed by atoms with Crippen molar-refractivity contribution in [2.45, 2.75) is 28.9 Å². The molecule has 0 spiro atoms. The lowest BCUT2D eigenvalue weighted by Crippen LogP contribution is -2.34. The van der Waals surface area contributed by atoms with Crippen molar-refractivity contribution in [3.63, 3.8) is 0 Å². The van der Waals surface area contributed by atoms with Gasteiger partial charge in [0.1, 0.15) is 0 Å². The minimum Gasteiger partial charge on any atom is -0.424 e. The van der Waals surface area contributed by atoms with Crippen molar-refractivity contribution < 1.29 is 19.1 Å². The zero-order chi connectivity index (χ0) is 21.4. The topological polar surface area (TPSA) is 63.7 Å². The largest absolute Gasteiger partial charge is 0.424 e. The Morgan fingerprint density at radius 2 is 1.53 bits per heavy atom. The van der Waals surface area contributed by atoms with Gasteiger partial charge in [0.2, 0.25) is 11.8 Å². The molecule has 0 aromatic heterocycles. The summed E-state index contributed by atoms with van der Waals surface area (Å²) in [6.45, 7) is 0. The lowest BCUT2D eigenvalue weighted by molar-refractivity contribution is -0.133. The molecule has 2 amide bonds. The molecule has 1 saturated heterocycles. The average molecular weight is 556 g/mol. The predicted octanol–water partition coefficient (Wildman–Crippen LogP) is 4.91. The van der Waals surface area contributed by atoms with Gasteiger partial charge in [0.05, 0.1) is 23.9 Å². The third-order valence-electron chi connectivity index (χ3n) is 5.50. The van der Waals surface area contributed by atoms with Crippen LogP contribution in [0.2, 0.25) is 5.02 Å². The fourth-order valence-electron chi connectivity index (χ4n) is 3.99. The highest BCUT2D eigenvalue weighted by atomic mass is 79.9. The first-order valence-corrected chi connectivity index (χ1v) is 11.8. The van der Waals surface area contributed by atoms with Crippen molar-refractivity contribution in [2.24, 2.45) is 11.8 Å². The number of fused-ring (bicyclic) bond motifs is 1. The summed E-state index contributed by atoms with van der Waals surface area (Å²) in [5, 5.41) is 0.585. The number of esters is 1. The van der Waals surface area contributed by atoms with Gasteiger partial charge in [-0.3, -0.25) is 14.4 Å². The number of nitrogens with zero attached hydrogens (tertiary/aromatic N) is 1. The van der Waals surface area contributed by atoms with E-state index in [1.54, 1.807) is 48.5 Å². The quantitative estimate of drug-likeness (QED) is 0.233. The molecule has 30 heavy (non-hydrogen) atoms. The number of amides is 2. The molecule has 2 aromatic carbocycles. The van der Waals surface area contributed by atoms with Crippen molar-refractivity contribution in [3.8, 4) is 5.75 Å². The Labute approximate surface area is 196 Å². The number of anilines is 1. The van der Waals surface area contributed by atoms with E-state index >= 15 is 0 Å². The molecule has 1 aliphatic heterocycles. The molecule has 0 N–H and O–H groups in total. The molecule has 1 heterocycles. The Morgan fingerprint density at radius 1 is 0.967 bits per heavy atom. The third-order valence-corrected chi connectivity index (χ3v) is 8.49. The molecule has 0 bridgehead atoms. The van der Waals surface area contributed by atoms with E-state index in [1.165, 1.54) is 4.90 Å². The summed E-state index contributed by atoms with van der Waals surface area (Å²) in [6, 6.07) is 13.6. The van der Waals surface area contributed by atoms with Crippen molar-refractivity contribution in [1.29, 1.82) is 0 Å². The van der Waals surface area contributed by atoms with Gasteiger partial charge in [-0.15, -0.1) is 0 Å². The van der Waals surface area contributed by atoms with Crippen LogP contribution in [0.4, 0.5) is 5.69 Å². The van der Waals surface area contributed by atoms with Crippen molar-refractivity contribution in [1.82, 2.24) is 0 Å². The van der Waals surface area contributed by atoms with Crippen LogP contribution in [-0.2, 0) is 20.8 Å². The van der Waals surface area contributed by atoms with Gasteiger partial charge in [-0.25, -0.2) is 4.90 Å². The number of para-hydroxylation sites is 2. The molecular formula is C22H18Br2ClNO4. The second-order valence-corrected chi connectivity index (χ2v) is 10.3. The number of imide groups is 1. The van der Waals surface area contributed by atoms with Crippen molar-refractivity contribution in [2.75, 3.05) is 4.90 Å². The smallest absolute Gasteiger partial charge is 0.315 e. The van der Waals surface area contributed by atoms with E-state index in [2.05, 4.69) is 31.9 Å². The summed E-state index contributed by atoms with van der Waals surface area (Å²) in [5.74, 6) is -1.50. The summed E-state index contributed by atoms with van der Waals surface area (Å²) in [4.78, 5) is 40.1. The molecule has 1 aliphatic carbocycles. The van der Waals surface area contributed by atoms with E-state index in [0.717, 1.165) is 5.56 Å². The maximum atomic E-state index is 13.1. The summed E-state index contributed by atoms with van der Waals surface area (Å²) < 4.78 is 5.55. The summed E-state index contributed by atoms with van der Waals surface area (Å²) in [5.41, 5.74) is 1.07. The molecule has 4 atom stereocenters. The van der Waals surface area contributed by atoms with Gasteiger partial charge >= 0.3 is 5.97 Å². The van der Waals surface area contributed by atoms with Crippen LogP contribution >= 0.6 is 43.5 Å². The van der Waals surface area contributed by atoms with Crippen molar-refractivity contribution >= 4 is 66.9 Å². The minimum absolute atomic E-state index is 0.0508. The number of rotatable bonds is 4. The lowest BCUT2D eigenvalue weighted by atomic mass is 9.81. The number of hydrogen-bond donors (Lipinski definition) is 0. The average Bonchev–Trinajstić information content (AvgIpc) is 2.94. The van der Waals surface area contributed by atoms with Gasteiger partial charge in [-0.2, -0.15) is 0 Å². The van der Waals surface area contributed by atoms with Crippen LogP contribution in [0.1, 0.15) is 18.4 Å². The molecule has 1 saturated carbocycles. The van der Waals surface area contributed by atoms with Crippen LogP contribution in [0.25, 0.3) is 0 Å². The van der Waals surface area contributed by atoms with Crippen LogP contribution in [0.3, 0.4) is 0 Å². The van der Waals surface area contributed by atoms with Gasteiger partial charge in [0, 0.05) is 14.7 Å². The normalized spacial score (nSPS) is 25.9. The first-order chi connectivity index (χ1) is 14.3. The van der Waals surface area contributed by atoms with E-state index in [-0.39, 0.29) is 45.5 Å². The second kappa shape index (κ2) is 8.81. The molecule has 4 unspecified atom stereocenters. The number of hydrogen-bond acceptors (Lipinski definition) is 4. The summed E-state index contributed by atoms with van der Waals surface area (Å²) in [7, 11) is 0. The Bertz CT molecular complexity index is 969. The molecule has 4 rings (SSSR count). The standard InChI is InChI=1S/C22H18Br2ClNO4/c23-16-10-14-15(11-17(16)24)22(29)26(21(14)28)18-3-1-2-4-19(18)30-20(27)9-12-5-7-13(25)8-6-12/h1-8,14-17H,9-11H2. The summed E-state index contributed by atoms with van der Waals surface area (Å²) in [6.07, 6.45) is 1.22. The van der Waals surface area contributed by atoms with Gasteiger partial charge in [-0.05, 0) is 42.7 Å². The fraction of sp³-hybridized carbons (Fsp3) is 0.318. The number of ether oxygens (including phenoxy) is 1. The molecule has 2 aliphatic rings. The van der Waals surface area contributed by atoms with Crippen LogP contribution in [-0.4, -0.2) is 27.4 Å². The highest BCUT2D eigenvalue weighted by molar-refractivity contribution is 9.12. The van der Waals surface area contributed by atoms with Crippen LogP contribution in [0.15, 0.2) is 48.5 Å². The first-order valence-electron chi connectivity index (χ1n) is 9.55. The number of carbonyl (C=O) groups excluding carboxylic acids is 3.